The Morgan fingerprint density at radius 3 is 2.63 bits per heavy atom. The number of rotatable bonds is 13. The van der Waals surface area contributed by atoms with Crippen molar-refractivity contribution in [2.45, 2.75) is 89.2 Å². The van der Waals surface area contributed by atoms with E-state index in [4.69, 9.17) is 9.47 Å². The van der Waals surface area contributed by atoms with Crippen LogP contribution in [0.1, 0.15) is 59.8 Å². The zero-order valence-corrected chi connectivity index (χ0v) is 23.1. The van der Waals surface area contributed by atoms with Gasteiger partial charge in [0.1, 0.15) is 17.7 Å². The highest BCUT2D eigenvalue weighted by Gasteiger charge is 2.75. The summed E-state index contributed by atoms with van der Waals surface area (Å²) in [6.45, 7) is 15.3. The molecular weight excluding hydrogens is 490 g/mol. The average molecular weight is 534 g/mol. The van der Waals surface area contributed by atoms with Gasteiger partial charge in [0.2, 0.25) is 17.7 Å². The van der Waals surface area contributed by atoms with Crippen LogP contribution < -0.4 is 5.32 Å². The summed E-state index contributed by atoms with van der Waals surface area (Å²) in [6.07, 6.45) is 4.35. The number of nitrogens with zero attached hydrogens (tertiary/aromatic N) is 2. The van der Waals surface area contributed by atoms with Crippen molar-refractivity contribution in [3.05, 3.63) is 25.3 Å². The fraction of sp³-hybridized carbons (Fsp3) is 0.714. The van der Waals surface area contributed by atoms with Crippen LogP contribution in [0.3, 0.4) is 0 Å². The van der Waals surface area contributed by atoms with E-state index < -0.39 is 47.2 Å². The van der Waals surface area contributed by atoms with E-state index in [2.05, 4.69) is 18.5 Å². The molecule has 212 valence electrons. The first-order valence-corrected chi connectivity index (χ1v) is 13.5. The van der Waals surface area contributed by atoms with Crippen molar-refractivity contribution in [1.29, 1.82) is 0 Å². The highest BCUT2D eigenvalue weighted by Crippen LogP contribution is 2.59. The number of fused-ring (bicyclic) bond motifs is 1. The van der Waals surface area contributed by atoms with Crippen LogP contribution in [0.5, 0.6) is 0 Å². The molecule has 0 aromatic heterocycles. The van der Waals surface area contributed by atoms with E-state index in [1.54, 1.807) is 24.0 Å². The molecule has 2 N–H and O–H groups in total. The fourth-order valence-corrected chi connectivity index (χ4v) is 6.05. The van der Waals surface area contributed by atoms with Crippen molar-refractivity contribution in [3.63, 3.8) is 0 Å². The lowest BCUT2D eigenvalue weighted by Crippen LogP contribution is -2.60. The molecule has 38 heavy (non-hydrogen) atoms. The Morgan fingerprint density at radius 1 is 1.32 bits per heavy atom. The molecular formula is C28H43N3O7. The second-order valence-corrected chi connectivity index (χ2v) is 11.5. The fourth-order valence-electron chi connectivity index (χ4n) is 6.05. The maximum absolute atomic E-state index is 14.1. The van der Waals surface area contributed by atoms with Crippen molar-refractivity contribution in [1.82, 2.24) is 15.1 Å². The molecule has 3 saturated heterocycles. The van der Waals surface area contributed by atoms with E-state index in [1.807, 2.05) is 20.8 Å². The molecule has 0 aromatic carbocycles. The molecule has 6 atom stereocenters. The van der Waals surface area contributed by atoms with E-state index in [0.29, 0.717) is 38.6 Å². The molecule has 1 spiro atoms. The molecule has 0 saturated carbocycles. The van der Waals surface area contributed by atoms with Crippen molar-refractivity contribution in [2.75, 3.05) is 26.2 Å². The molecule has 3 aliphatic rings. The first kappa shape index (κ1) is 29.8. The normalized spacial score (nSPS) is 28.6. The largest absolute Gasteiger partial charge is 0.460 e. The van der Waals surface area contributed by atoms with Crippen molar-refractivity contribution in [2.24, 2.45) is 11.8 Å². The Morgan fingerprint density at radius 2 is 2.03 bits per heavy atom. The van der Waals surface area contributed by atoms with Gasteiger partial charge in [-0.25, -0.2) is 0 Å². The summed E-state index contributed by atoms with van der Waals surface area (Å²) >= 11 is 0. The zero-order valence-electron chi connectivity index (χ0n) is 23.1. The van der Waals surface area contributed by atoms with E-state index in [9.17, 15) is 24.3 Å². The van der Waals surface area contributed by atoms with Crippen LogP contribution in [0, 0.1) is 11.8 Å². The molecule has 0 aliphatic carbocycles. The highest BCUT2D eigenvalue weighted by molar-refractivity contribution is 5.98. The molecule has 0 unspecified atom stereocenters. The number of aliphatic hydroxyl groups is 1. The van der Waals surface area contributed by atoms with Gasteiger partial charge in [-0.3, -0.25) is 19.2 Å². The second-order valence-electron chi connectivity index (χ2n) is 11.5. The minimum atomic E-state index is -1.13. The van der Waals surface area contributed by atoms with Gasteiger partial charge in [-0.05, 0) is 53.4 Å². The van der Waals surface area contributed by atoms with Gasteiger partial charge in [0.05, 0.1) is 24.5 Å². The summed E-state index contributed by atoms with van der Waals surface area (Å²) in [5.74, 6) is -2.98. The van der Waals surface area contributed by atoms with Gasteiger partial charge in [0.25, 0.3) is 0 Å². The molecule has 10 heteroatoms. The Balaban J connectivity index is 1.84. The van der Waals surface area contributed by atoms with Gasteiger partial charge in [0, 0.05) is 31.7 Å². The van der Waals surface area contributed by atoms with Gasteiger partial charge >= 0.3 is 5.97 Å². The summed E-state index contributed by atoms with van der Waals surface area (Å²) in [5.41, 5.74) is -1.67. The highest BCUT2D eigenvalue weighted by atomic mass is 16.6. The van der Waals surface area contributed by atoms with Crippen molar-refractivity contribution >= 4 is 23.7 Å². The van der Waals surface area contributed by atoms with Gasteiger partial charge in [0.15, 0.2) is 0 Å². The lowest BCUT2D eigenvalue weighted by atomic mass is 9.70. The Kier molecular flexibility index (Phi) is 9.41. The van der Waals surface area contributed by atoms with Gasteiger partial charge in [-0.15, -0.1) is 13.2 Å². The Hall–Kier alpha value is -2.72. The van der Waals surface area contributed by atoms with E-state index in [1.165, 1.54) is 4.90 Å². The predicted octanol–water partition coefficient (Wildman–Crippen LogP) is 1.57. The number of aliphatic hydroxyl groups excluding tert-OH is 1. The molecule has 2 bridgehead atoms. The quantitative estimate of drug-likeness (QED) is 0.272. The maximum Gasteiger partial charge on any atom is 0.312 e. The van der Waals surface area contributed by atoms with E-state index in [-0.39, 0.29) is 37.4 Å². The number of allylic oxidation sites excluding steroid dienone is 1. The third kappa shape index (κ3) is 5.66. The maximum atomic E-state index is 14.1. The first-order chi connectivity index (χ1) is 17.9. The van der Waals surface area contributed by atoms with Crippen molar-refractivity contribution in [3.8, 4) is 0 Å². The molecule has 3 amide bonds. The predicted molar refractivity (Wildman–Crippen MR) is 141 cm³/mol. The summed E-state index contributed by atoms with van der Waals surface area (Å²) in [7, 11) is 0. The summed E-state index contributed by atoms with van der Waals surface area (Å²) in [6, 6.07) is -0.907. The lowest BCUT2D eigenvalue weighted by molar-refractivity contribution is -0.159. The van der Waals surface area contributed by atoms with Crippen LogP contribution in [-0.2, 0) is 28.7 Å². The standard InChI is InChI=1S/C28H43N3O7/c1-7-9-11-20(33)29-17-18(3)37-26(36)21-19-12-13-28(38-19)22(21)24(34)30(15-10-16-32)23(28)25(35)31(14-8-2)27(4,5)6/h7-8,18-19,21-23,32H,1-2,9-17H2,3-6H3,(H,29,33)/t18-,19+,21-,22-,23+,28-/m0/s1. The summed E-state index contributed by atoms with van der Waals surface area (Å²) in [4.78, 5) is 56.4. The van der Waals surface area contributed by atoms with Crippen LogP contribution in [0.15, 0.2) is 25.3 Å². The number of carbonyl (C=O) groups excluding carboxylic acids is 4. The lowest BCUT2D eigenvalue weighted by Gasteiger charge is -2.42. The Bertz CT molecular complexity index is 945. The van der Waals surface area contributed by atoms with Crippen LogP contribution in [0.2, 0.25) is 0 Å². The minimum Gasteiger partial charge on any atom is -0.460 e. The average Bonchev–Trinajstić information content (AvgIpc) is 3.49. The number of nitrogens with one attached hydrogen (secondary N) is 1. The second kappa shape index (κ2) is 12.0. The number of likely N-dealkylation sites (tertiary alicyclic amines) is 1. The first-order valence-electron chi connectivity index (χ1n) is 13.5. The van der Waals surface area contributed by atoms with Crippen LogP contribution in [0.25, 0.3) is 0 Å². The van der Waals surface area contributed by atoms with E-state index >= 15 is 0 Å². The molecule has 0 aromatic rings. The topological polar surface area (TPSA) is 125 Å². The van der Waals surface area contributed by atoms with Crippen LogP contribution in [-0.4, -0.2) is 94.2 Å². The third-order valence-corrected chi connectivity index (χ3v) is 7.73. The van der Waals surface area contributed by atoms with Gasteiger partial charge in [-0.2, -0.15) is 0 Å². The summed E-state index contributed by atoms with van der Waals surface area (Å²) in [5, 5.41) is 12.2. The molecule has 3 heterocycles. The minimum absolute atomic E-state index is 0.136. The molecule has 3 rings (SSSR count). The number of hydrogen-bond donors (Lipinski definition) is 2. The molecule has 3 aliphatic heterocycles. The van der Waals surface area contributed by atoms with Crippen LogP contribution >= 0.6 is 0 Å². The van der Waals surface area contributed by atoms with Gasteiger partial charge in [-0.1, -0.05) is 12.2 Å². The monoisotopic (exact) mass is 533 g/mol. The number of amides is 3. The van der Waals surface area contributed by atoms with Crippen molar-refractivity contribution < 1.29 is 33.8 Å². The molecule has 10 nitrogen and oxygen atoms in total. The molecule has 3 fully saturated rings. The third-order valence-electron chi connectivity index (χ3n) is 7.73. The SMILES string of the molecule is C=CCCC(=O)NC[C@H](C)OC(=O)[C@@H]1[C@H]2C(=O)N(CCCO)[C@H](C(=O)N(CC=C)C(C)(C)C)[C@]23CC[C@H]1O3. The van der Waals surface area contributed by atoms with E-state index in [0.717, 1.165) is 0 Å². The number of ether oxygens (including phenoxy) is 2. The zero-order chi connectivity index (χ0) is 28.3. The molecule has 0 radical (unpaired) electrons. The summed E-state index contributed by atoms with van der Waals surface area (Å²) < 4.78 is 12.1. The number of hydrogen-bond acceptors (Lipinski definition) is 7. The van der Waals surface area contributed by atoms with Crippen LogP contribution in [0.4, 0.5) is 0 Å². The Labute approximate surface area is 225 Å². The number of esters is 1. The number of carbonyl (C=O) groups is 4. The smallest absolute Gasteiger partial charge is 0.312 e. The van der Waals surface area contributed by atoms with Gasteiger partial charge < -0.3 is 29.7 Å².